The van der Waals surface area contributed by atoms with Crippen LogP contribution < -0.4 is 11.3 Å². The van der Waals surface area contributed by atoms with Gasteiger partial charge in [-0.05, 0) is 18.9 Å². The Kier molecular flexibility index (Phi) is 5.65. The minimum Gasteiger partial charge on any atom is -0.376 e. The van der Waals surface area contributed by atoms with Crippen LogP contribution in [0.1, 0.15) is 32.4 Å². The van der Waals surface area contributed by atoms with E-state index in [0.717, 1.165) is 6.07 Å². The molecule has 5 heteroatoms. The third-order valence-electron chi connectivity index (χ3n) is 2.84. The van der Waals surface area contributed by atoms with Crippen LogP contribution in [0.25, 0.3) is 0 Å². The zero-order chi connectivity index (χ0) is 13.7. The van der Waals surface area contributed by atoms with Crippen molar-refractivity contribution in [1.29, 1.82) is 0 Å². The molecule has 1 rings (SSSR count). The topological polar surface area (TPSA) is 47.3 Å². The van der Waals surface area contributed by atoms with Crippen LogP contribution in [0.4, 0.5) is 8.78 Å². The number of benzene rings is 1. The highest BCUT2D eigenvalue weighted by atomic mass is 19.2. The molecule has 3 nitrogen and oxygen atoms in total. The molecule has 3 N–H and O–H groups in total. The average Bonchev–Trinajstić information content (AvgIpc) is 2.33. The zero-order valence-electron chi connectivity index (χ0n) is 10.9. The summed E-state index contributed by atoms with van der Waals surface area (Å²) in [4.78, 5) is 0. The highest BCUT2D eigenvalue weighted by molar-refractivity contribution is 5.23. The van der Waals surface area contributed by atoms with Gasteiger partial charge in [0.2, 0.25) is 0 Å². The van der Waals surface area contributed by atoms with E-state index < -0.39 is 17.7 Å². The molecule has 0 amide bonds. The van der Waals surface area contributed by atoms with Crippen LogP contribution in [0.2, 0.25) is 0 Å². The van der Waals surface area contributed by atoms with E-state index >= 15 is 0 Å². The smallest absolute Gasteiger partial charge is 0.163 e. The predicted molar refractivity (Wildman–Crippen MR) is 66.7 cm³/mol. The molecule has 0 fully saturated rings. The molecule has 0 spiro atoms. The first kappa shape index (κ1) is 15.0. The second-order valence-corrected chi connectivity index (χ2v) is 4.45. The Hall–Kier alpha value is -1.04. The molecular weight excluding hydrogens is 238 g/mol. The van der Waals surface area contributed by atoms with Crippen molar-refractivity contribution < 1.29 is 13.5 Å². The van der Waals surface area contributed by atoms with E-state index in [-0.39, 0.29) is 17.6 Å². The van der Waals surface area contributed by atoms with Gasteiger partial charge in [-0.15, -0.1) is 0 Å². The van der Waals surface area contributed by atoms with Gasteiger partial charge >= 0.3 is 0 Å². The summed E-state index contributed by atoms with van der Waals surface area (Å²) in [6.07, 6.45) is -0.323. The molecule has 102 valence electrons. The summed E-state index contributed by atoms with van der Waals surface area (Å²) < 4.78 is 32.6. The van der Waals surface area contributed by atoms with Gasteiger partial charge in [-0.2, -0.15) is 0 Å². The Balaban J connectivity index is 3.10. The first-order chi connectivity index (χ1) is 8.52. The van der Waals surface area contributed by atoms with Crippen LogP contribution >= 0.6 is 0 Å². The Labute approximate surface area is 106 Å². The summed E-state index contributed by atoms with van der Waals surface area (Å²) in [6, 6.07) is 3.47. The number of hydrogen-bond donors (Lipinski definition) is 2. The number of nitrogens with two attached hydrogens (primary N) is 1. The molecule has 0 aliphatic rings. The molecule has 18 heavy (non-hydrogen) atoms. The maximum atomic E-state index is 13.8. The van der Waals surface area contributed by atoms with Gasteiger partial charge in [0, 0.05) is 12.2 Å². The average molecular weight is 258 g/mol. The van der Waals surface area contributed by atoms with Crippen LogP contribution in [0.3, 0.4) is 0 Å². The van der Waals surface area contributed by atoms with E-state index in [1.54, 1.807) is 0 Å². The zero-order valence-corrected chi connectivity index (χ0v) is 10.9. The monoisotopic (exact) mass is 258 g/mol. The van der Waals surface area contributed by atoms with Crippen molar-refractivity contribution in [2.75, 3.05) is 6.61 Å². The van der Waals surface area contributed by atoms with Gasteiger partial charge in [0.05, 0.1) is 12.1 Å². The van der Waals surface area contributed by atoms with Crippen molar-refractivity contribution >= 4 is 0 Å². The molecule has 1 aromatic rings. The fourth-order valence-electron chi connectivity index (χ4n) is 1.99. The Morgan fingerprint density at radius 3 is 2.50 bits per heavy atom. The van der Waals surface area contributed by atoms with E-state index in [1.165, 1.54) is 12.1 Å². The van der Waals surface area contributed by atoms with Gasteiger partial charge in [-0.3, -0.25) is 11.3 Å². The maximum Gasteiger partial charge on any atom is 0.163 e. The highest BCUT2D eigenvalue weighted by Crippen LogP contribution is 2.27. The fourth-order valence-corrected chi connectivity index (χ4v) is 1.99. The van der Waals surface area contributed by atoms with Crippen LogP contribution in [0.15, 0.2) is 18.2 Å². The summed E-state index contributed by atoms with van der Waals surface area (Å²) >= 11 is 0. The number of rotatable bonds is 6. The highest BCUT2D eigenvalue weighted by Gasteiger charge is 2.28. The molecule has 2 unspecified atom stereocenters. The van der Waals surface area contributed by atoms with Crippen LogP contribution in [0.5, 0.6) is 0 Å². The summed E-state index contributed by atoms with van der Waals surface area (Å²) in [6.45, 7) is 6.23. The SMILES string of the molecule is CCOC(C(C)C)C(NN)c1cccc(F)c1F. The quantitative estimate of drug-likeness (QED) is 0.609. The largest absolute Gasteiger partial charge is 0.376 e. The van der Waals surface area contributed by atoms with Gasteiger partial charge < -0.3 is 4.74 Å². The normalized spacial score (nSPS) is 14.8. The lowest BCUT2D eigenvalue weighted by Gasteiger charge is -2.30. The Bertz CT molecular complexity index is 385. The van der Waals surface area contributed by atoms with E-state index in [0.29, 0.717) is 6.61 Å². The maximum absolute atomic E-state index is 13.8. The lowest BCUT2D eigenvalue weighted by atomic mass is 9.93. The van der Waals surface area contributed by atoms with Gasteiger partial charge in [-0.1, -0.05) is 26.0 Å². The molecule has 0 heterocycles. The second kappa shape index (κ2) is 6.78. The third-order valence-corrected chi connectivity index (χ3v) is 2.84. The van der Waals surface area contributed by atoms with Crippen molar-refractivity contribution in [3.8, 4) is 0 Å². The molecule has 0 bridgehead atoms. The summed E-state index contributed by atoms with van der Waals surface area (Å²) in [5.74, 6) is 3.83. The number of hydrazine groups is 1. The second-order valence-electron chi connectivity index (χ2n) is 4.45. The lowest BCUT2D eigenvalue weighted by Crippen LogP contribution is -2.41. The molecule has 0 saturated carbocycles. The number of nitrogens with one attached hydrogen (secondary N) is 1. The van der Waals surface area contributed by atoms with Crippen molar-refractivity contribution in [1.82, 2.24) is 5.43 Å². The molecule has 1 aromatic carbocycles. The van der Waals surface area contributed by atoms with Gasteiger partial charge in [0.25, 0.3) is 0 Å². The van der Waals surface area contributed by atoms with E-state index in [4.69, 9.17) is 10.6 Å². The molecule has 0 radical (unpaired) electrons. The number of hydrogen-bond acceptors (Lipinski definition) is 3. The summed E-state index contributed by atoms with van der Waals surface area (Å²) in [5.41, 5.74) is 2.71. The molecular formula is C13H20F2N2O. The van der Waals surface area contributed by atoms with Crippen molar-refractivity contribution in [3.05, 3.63) is 35.4 Å². The van der Waals surface area contributed by atoms with E-state index in [9.17, 15) is 8.78 Å². The van der Waals surface area contributed by atoms with Gasteiger partial charge in [-0.25, -0.2) is 8.78 Å². The summed E-state index contributed by atoms with van der Waals surface area (Å²) in [7, 11) is 0. The summed E-state index contributed by atoms with van der Waals surface area (Å²) in [5, 5.41) is 0. The first-order valence-electron chi connectivity index (χ1n) is 6.04. The minimum absolute atomic E-state index is 0.119. The van der Waals surface area contributed by atoms with E-state index in [2.05, 4.69) is 5.43 Å². The van der Waals surface area contributed by atoms with Crippen LogP contribution in [0, 0.1) is 17.6 Å². The third kappa shape index (κ3) is 3.25. The number of halogens is 2. The molecule has 0 aromatic heterocycles. The fraction of sp³-hybridized carbons (Fsp3) is 0.538. The van der Waals surface area contributed by atoms with Crippen LogP contribution in [-0.2, 0) is 4.74 Å². The molecule has 0 saturated heterocycles. The lowest BCUT2D eigenvalue weighted by molar-refractivity contribution is 0.00183. The Morgan fingerprint density at radius 1 is 1.33 bits per heavy atom. The minimum atomic E-state index is -0.884. The van der Waals surface area contributed by atoms with Gasteiger partial charge in [0.1, 0.15) is 0 Å². The molecule has 2 atom stereocenters. The van der Waals surface area contributed by atoms with Crippen molar-refractivity contribution in [2.24, 2.45) is 11.8 Å². The van der Waals surface area contributed by atoms with E-state index in [1.807, 2.05) is 20.8 Å². The van der Waals surface area contributed by atoms with Crippen LogP contribution in [-0.4, -0.2) is 12.7 Å². The number of ether oxygens (including phenoxy) is 1. The Morgan fingerprint density at radius 2 is 2.00 bits per heavy atom. The predicted octanol–water partition coefficient (Wildman–Crippen LogP) is 2.53. The molecule has 0 aliphatic heterocycles. The van der Waals surface area contributed by atoms with Crippen molar-refractivity contribution in [3.63, 3.8) is 0 Å². The first-order valence-corrected chi connectivity index (χ1v) is 6.04. The molecule has 0 aliphatic carbocycles. The standard InChI is InChI=1S/C13H20F2N2O/c1-4-18-13(8(2)3)12(17-16)9-6-5-7-10(14)11(9)15/h5-8,12-13,17H,4,16H2,1-3H3. The van der Waals surface area contributed by atoms with Gasteiger partial charge in [0.15, 0.2) is 11.6 Å². The van der Waals surface area contributed by atoms with Crippen molar-refractivity contribution in [2.45, 2.75) is 32.9 Å².